The van der Waals surface area contributed by atoms with E-state index in [9.17, 15) is 18.0 Å². The predicted octanol–water partition coefficient (Wildman–Crippen LogP) is 4.27. The average molecular weight is 439 g/mol. The van der Waals surface area contributed by atoms with Gasteiger partial charge in [0.2, 0.25) is 0 Å². The number of aromatic nitrogens is 3. The molecule has 6 nitrogen and oxygen atoms in total. The summed E-state index contributed by atoms with van der Waals surface area (Å²) in [5.74, 6) is 0.600. The van der Waals surface area contributed by atoms with Crippen LogP contribution < -0.4 is 5.32 Å². The minimum Gasteiger partial charge on any atom is -0.365 e. The molecule has 2 fully saturated rings. The molecule has 0 spiro atoms. The first-order valence-corrected chi connectivity index (χ1v) is 10.4. The fourth-order valence-corrected chi connectivity index (χ4v) is 4.69. The van der Waals surface area contributed by atoms with E-state index in [1.807, 2.05) is 17.0 Å². The molecule has 2 aliphatic rings. The van der Waals surface area contributed by atoms with Gasteiger partial charge in [0.15, 0.2) is 0 Å². The minimum atomic E-state index is -4.42. The van der Waals surface area contributed by atoms with Crippen LogP contribution in [0, 0.1) is 5.92 Å². The number of piperidine rings is 1. The molecule has 3 atom stereocenters. The van der Waals surface area contributed by atoms with E-state index in [4.69, 9.17) is 0 Å². The van der Waals surface area contributed by atoms with Crippen LogP contribution in [0.3, 0.4) is 0 Å². The van der Waals surface area contributed by atoms with Crippen molar-refractivity contribution in [2.75, 3.05) is 11.9 Å². The maximum atomic E-state index is 13.5. The van der Waals surface area contributed by atoms with E-state index >= 15 is 0 Å². The van der Waals surface area contributed by atoms with Crippen molar-refractivity contribution in [3.8, 4) is 11.4 Å². The first-order valence-electron chi connectivity index (χ1n) is 10.4. The van der Waals surface area contributed by atoms with Crippen molar-refractivity contribution >= 4 is 11.7 Å². The summed E-state index contributed by atoms with van der Waals surface area (Å²) in [7, 11) is 0. The number of fused-ring (bicyclic) bond motifs is 2. The number of anilines is 1. The molecule has 0 aromatic carbocycles. The number of pyridine rings is 3. The van der Waals surface area contributed by atoms with Crippen LogP contribution in [-0.2, 0) is 6.18 Å². The first-order chi connectivity index (χ1) is 15.4. The normalized spacial score (nSPS) is 22.2. The summed E-state index contributed by atoms with van der Waals surface area (Å²) >= 11 is 0. The van der Waals surface area contributed by atoms with Crippen LogP contribution in [-0.4, -0.2) is 44.4 Å². The molecule has 0 unspecified atom stereocenters. The lowest BCUT2D eigenvalue weighted by Gasteiger charge is -2.34. The highest BCUT2D eigenvalue weighted by Crippen LogP contribution is 2.40. The van der Waals surface area contributed by atoms with E-state index < -0.39 is 11.7 Å². The third-order valence-electron chi connectivity index (χ3n) is 6.11. The summed E-state index contributed by atoms with van der Waals surface area (Å²) in [6, 6.07) is 11.2. The SMILES string of the molecule is O=C(c1cccnc1-c1ccccn1)N1C[C@H]2C[C@@H](Nc3ccc(C(F)(F)F)cn3)[C@@H]1C2. The van der Waals surface area contributed by atoms with Gasteiger partial charge in [-0.2, -0.15) is 13.2 Å². The van der Waals surface area contributed by atoms with Gasteiger partial charge in [-0.25, -0.2) is 4.98 Å². The van der Waals surface area contributed by atoms with Gasteiger partial charge in [-0.05, 0) is 55.2 Å². The van der Waals surface area contributed by atoms with Crippen molar-refractivity contribution in [2.24, 2.45) is 5.92 Å². The maximum absolute atomic E-state index is 13.5. The second-order valence-electron chi connectivity index (χ2n) is 8.16. The number of alkyl halides is 3. The Hall–Kier alpha value is -3.49. The average Bonchev–Trinajstić information content (AvgIpc) is 3.40. The number of halogens is 3. The largest absolute Gasteiger partial charge is 0.417 e. The molecule has 0 radical (unpaired) electrons. The number of hydrogen-bond donors (Lipinski definition) is 1. The molecule has 1 saturated carbocycles. The highest BCUT2D eigenvalue weighted by atomic mass is 19.4. The van der Waals surface area contributed by atoms with Crippen LogP contribution in [0.4, 0.5) is 19.0 Å². The predicted molar refractivity (Wildman–Crippen MR) is 112 cm³/mol. The number of carbonyl (C=O) groups excluding carboxylic acids is 1. The fraction of sp³-hybridized carbons (Fsp3) is 0.304. The van der Waals surface area contributed by atoms with E-state index in [0.717, 1.165) is 25.1 Å². The molecule has 9 heteroatoms. The third kappa shape index (κ3) is 3.79. The van der Waals surface area contributed by atoms with Gasteiger partial charge in [0.05, 0.1) is 22.9 Å². The molecule has 1 aliphatic carbocycles. The second-order valence-corrected chi connectivity index (χ2v) is 8.16. The zero-order valence-corrected chi connectivity index (χ0v) is 17.0. The van der Waals surface area contributed by atoms with Gasteiger partial charge in [0.1, 0.15) is 11.5 Å². The molecule has 32 heavy (non-hydrogen) atoms. The second kappa shape index (κ2) is 7.89. The number of rotatable bonds is 4. The van der Waals surface area contributed by atoms with Crippen LogP contribution in [0.2, 0.25) is 0 Å². The summed E-state index contributed by atoms with van der Waals surface area (Å²) < 4.78 is 38.4. The Morgan fingerprint density at radius 3 is 2.53 bits per heavy atom. The number of carbonyl (C=O) groups is 1. The highest BCUT2D eigenvalue weighted by molar-refractivity contribution is 6.00. The Morgan fingerprint density at radius 1 is 1.00 bits per heavy atom. The molecule has 4 heterocycles. The third-order valence-corrected chi connectivity index (χ3v) is 6.11. The van der Waals surface area contributed by atoms with Crippen molar-refractivity contribution in [1.29, 1.82) is 0 Å². The Labute approximate surface area is 182 Å². The van der Waals surface area contributed by atoms with Crippen molar-refractivity contribution < 1.29 is 18.0 Å². The van der Waals surface area contributed by atoms with E-state index in [1.54, 1.807) is 30.6 Å². The molecule has 1 amide bonds. The molecule has 2 bridgehead atoms. The maximum Gasteiger partial charge on any atom is 0.417 e. The topological polar surface area (TPSA) is 71.0 Å². The number of likely N-dealkylation sites (tertiary alicyclic amines) is 1. The molecular formula is C23H20F3N5O. The van der Waals surface area contributed by atoms with Gasteiger partial charge in [-0.15, -0.1) is 0 Å². The monoisotopic (exact) mass is 439 g/mol. The molecular weight excluding hydrogens is 419 g/mol. The van der Waals surface area contributed by atoms with E-state index in [1.165, 1.54) is 6.07 Å². The van der Waals surface area contributed by atoms with Crippen molar-refractivity contribution in [3.05, 3.63) is 72.2 Å². The van der Waals surface area contributed by atoms with Crippen molar-refractivity contribution in [2.45, 2.75) is 31.1 Å². The van der Waals surface area contributed by atoms with Crippen LogP contribution in [0.25, 0.3) is 11.4 Å². The molecule has 1 saturated heterocycles. The van der Waals surface area contributed by atoms with Crippen LogP contribution in [0.15, 0.2) is 61.1 Å². The van der Waals surface area contributed by atoms with Crippen molar-refractivity contribution in [3.63, 3.8) is 0 Å². The molecule has 3 aromatic heterocycles. The summed E-state index contributed by atoms with van der Waals surface area (Å²) in [5.41, 5.74) is 0.871. The summed E-state index contributed by atoms with van der Waals surface area (Å²) in [5, 5.41) is 3.23. The Kier molecular flexibility index (Phi) is 5.03. The number of amides is 1. The summed E-state index contributed by atoms with van der Waals surface area (Å²) in [6.07, 6.45) is 1.40. The van der Waals surface area contributed by atoms with Crippen LogP contribution >= 0.6 is 0 Å². The lowest BCUT2D eigenvalue weighted by Crippen LogP contribution is -2.47. The minimum absolute atomic E-state index is 0.0617. The lowest BCUT2D eigenvalue weighted by molar-refractivity contribution is -0.137. The molecule has 1 N–H and O–H groups in total. The van der Waals surface area contributed by atoms with Crippen LogP contribution in [0.5, 0.6) is 0 Å². The standard InChI is InChI=1S/C23H20F3N5O/c24-23(25,26)15-6-7-20(29-12-15)30-18-10-14-11-19(18)31(13-14)22(32)16-4-3-9-28-21(16)17-5-1-2-8-27-17/h1-9,12,14,18-19H,10-11,13H2,(H,29,30)/t14-,18+,19-/m0/s1. The quantitative estimate of drug-likeness (QED) is 0.657. The van der Waals surface area contributed by atoms with Gasteiger partial charge < -0.3 is 10.2 Å². The molecule has 5 rings (SSSR count). The number of nitrogens with one attached hydrogen (secondary N) is 1. The lowest BCUT2D eigenvalue weighted by atomic mass is 10.0. The molecule has 1 aliphatic heterocycles. The van der Waals surface area contributed by atoms with Gasteiger partial charge >= 0.3 is 6.18 Å². The van der Waals surface area contributed by atoms with Gasteiger partial charge in [-0.3, -0.25) is 14.8 Å². The number of hydrogen-bond acceptors (Lipinski definition) is 5. The zero-order chi connectivity index (χ0) is 22.3. The van der Waals surface area contributed by atoms with Gasteiger partial charge in [0.25, 0.3) is 5.91 Å². The Balaban J connectivity index is 1.35. The highest BCUT2D eigenvalue weighted by Gasteiger charge is 2.47. The summed E-state index contributed by atoms with van der Waals surface area (Å²) in [4.78, 5) is 28.0. The Bertz CT molecular complexity index is 1120. The van der Waals surface area contributed by atoms with Crippen molar-refractivity contribution in [1.82, 2.24) is 19.9 Å². The summed E-state index contributed by atoms with van der Waals surface area (Å²) in [6.45, 7) is 0.651. The number of nitrogens with zero attached hydrogens (tertiary/aromatic N) is 4. The Morgan fingerprint density at radius 2 is 1.84 bits per heavy atom. The van der Waals surface area contributed by atoms with E-state index in [-0.39, 0.29) is 18.0 Å². The molecule has 3 aromatic rings. The first kappa shape index (κ1) is 20.4. The zero-order valence-electron chi connectivity index (χ0n) is 17.0. The van der Waals surface area contributed by atoms with Gasteiger partial charge in [-0.1, -0.05) is 6.07 Å². The van der Waals surface area contributed by atoms with E-state index in [0.29, 0.717) is 35.2 Å². The molecule has 164 valence electrons. The van der Waals surface area contributed by atoms with Gasteiger partial charge in [0, 0.05) is 31.2 Å². The van der Waals surface area contributed by atoms with E-state index in [2.05, 4.69) is 20.3 Å². The fourth-order valence-electron chi connectivity index (χ4n) is 4.69. The van der Waals surface area contributed by atoms with Crippen LogP contribution in [0.1, 0.15) is 28.8 Å². The smallest absolute Gasteiger partial charge is 0.365 e.